The quantitative estimate of drug-likeness (QED) is 0.624. The highest BCUT2D eigenvalue weighted by Crippen LogP contribution is 2.20. The Bertz CT molecular complexity index is 753. The SMILES string of the molecule is O=C(CCCOc1ccccc1)NC(c1ccccc1)c1ccccn1. The molecule has 0 aliphatic rings. The van der Waals surface area contributed by atoms with Crippen LogP contribution in [0.5, 0.6) is 5.75 Å². The first-order valence-electron chi connectivity index (χ1n) is 8.76. The first-order valence-corrected chi connectivity index (χ1v) is 8.76. The number of nitrogens with zero attached hydrogens (tertiary/aromatic N) is 1. The average Bonchev–Trinajstić information content (AvgIpc) is 2.71. The first-order chi connectivity index (χ1) is 12.8. The summed E-state index contributed by atoms with van der Waals surface area (Å²) in [6.45, 7) is 0.511. The lowest BCUT2D eigenvalue weighted by Gasteiger charge is -2.19. The molecule has 0 aliphatic carbocycles. The number of aromatic nitrogens is 1. The normalized spacial score (nSPS) is 11.5. The van der Waals surface area contributed by atoms with Crippen molar-refractivity contribution in [1.82, 2.24) is 10.3 Å². The van der Waals surface area contributed by atoms with Crippen molar-refractivity contribution >= 4 is 5.91 Å². The van der Waals surface area contributed by atoms with E-state index in [1.165, 1.54) is 0 Å². The number of benzene rings is 2. The van der Waals surface area contributed by atoms with Crippen LogP contribution in [0.4, 0.5) is 0 Å². The molecule has 1 N–H and O–H groups in total. The van der Waals surface area contributed by atoms with E-state index in [0.717, 1.165) is 17.0 Å². The van der Waals surface area contributed by atoms with Gasteiger partial charge in [0.1, 0.15) is 5.75 Å². The molecule has 0 fully saturated rings. The zero-order valence-corrected chi connectivity index (χ0v) is 14.5. The van der Waals surface area contributed by atoms with E-state index in [4.69, 9.17) is 4.74 Å². The van der Waals surface area contributed by atoms with Crippen molar-refractivity contribution < 1.29 is 9.53 Å². The molecule has 26 heavy (non-hydrogen) atoms. The molecule has 1 aromatic heterocycles. The van der Waals surface area contributed by atoms with Crippen LogP contribution >= 0.6 is 0 Å². The minimum atomic E-state index is -0.250. The maximum absolute atomic E-state index is 12.4. The Kier molecular flexibility index (Phi) is 6.37. The minimum Gasteiger partial charge on any atom is -0.494 e. The Morgan fingerprint density at radius 2 is 1.62 bits per heavy atom. The number of ether oxygens (including phenoxy) is 1. The smallest absolute Gasteiger partial charge is 0.220 e. The van der Waals surface area contributed by atoms with Gasteiger partial charge in [0.25, 0.3) is 0 Å². The number of amides is 1. The van der Waals surface area contributed by atoms with Gasteiger partial charge >= 0.3 is 0 Å². The van der Waals surface area contributed by atoms with Gasteiger partial charge in [0.2, 0.25) is 5.91 Å². The largest absolute Gasteiger partial charge is 0.494 e. The number of carbonyl (C=O) groups is 1. The molecule has 3 aromatic rings. The summed E-state index contributed by atoms with van der Waals surface area (Å²) in [7, 11) is 0. The van der Waals surface area contributed by atoms with Gasteiger partial charge in [0.05, 0.1) is 18.3 Å². The predicted molar refractivity (Wildman–Crippen MR) is 102 cm³/mol. The summed E-state index contributed by atoms with van der Waals surface area (Å²) in [4.78, 5) is 16.8. The summed E-state index contributed by atoms with van der Waals surface area (Å²) < 4.78 is 5.64. The van der Waals surface area contributed by atoms with E-state index in [2.05, 4.69) is 10.3 Å². The van der Waals surface area contributed by atoms with Gasteiger partial charge in [-0.15, -0.1) is 0 Å². The molecule has 0 aliphatic heterocycles. The molecule has 2 aromatic carbocycles. The molecule has 0 bridgehead atoms. The van der Waals surface area contributed by atoms with Gasteiger partial charge in [-0.2, -0.15) is 0 Å². The van der Waals surface area contributed by atoms with Crippen LogP contribution in [0.1, 0.15) is 30.1 Å². The van der Waals surface area contributed by atoms with Crippen LogP contribution in [0.15, 0.2) is 85.1 Å². The standard InChI is InChI=1S/C22H22N2O2/c25-21(15-9-17-26-19-12-5-2-6-13-19)24-22(18-10-3-1-4-11-18)20-14-7-8-16-23-20/h1-8,10-14,16,22H,9,15,17H2,(H,24,25). The van der Waals surface area contributed by atoms with Crippen LogP contribution in [0, 0.1) is 0 Å². The second-order valence-corrected chi connectivity index (χ2v) is 5.93. The molecule has 3 rings (SSSR count). The molecule has 132 valence electrons. The first kappa shape index (κ1) is 17.7. The molecule has 0 spiro atoms. The van der Waals surface area contributed by atoms with Gasteiger partial charge in [-0.1, -0.05) is 54.6 Å². The predicted octanol–water partition coefficient (Wildman–Crippen LogP) is 4.15. The van der Waals surface area contributed by atoms with Gasteiger partial charge in [-0.25, -0.2) is 0 Å². The number of hydrogen-bond acceptors (Lipinski definition) is 3. The van der Waals surface area contributed by atoms with Crippen molar-refractivity contribution in [2.45, 2.75) is 18.9 Å². The van der Waals surface area contributed by atoms with Crippen LogP contribution in [0.25, 0.3) is 0 Å². The third-order valence-electron chi connectivity index (χ3n) is 3.98. The summed E-state index contributed by atoms with van der Waals surface area (Å²) in [5.74, 6) is 0.810. The van der Waals surface area contributed by atoms with E-state index in [9.17, 15) is 4.79 Å². The molecule has 4 nitrogen and oxygen atoms in total. The summed E-state index contributed by atoms with van der Waals surface area (Å²) in [6.07, 6.45) is 2.80. The molecule has 1 heterocycles. The molecule has 1 amide bonds. The van der Waals surface area contributed by atoms with E-state index < -0.39 is 0 Å². The zero-order valence-electron chi connectivity index (χ0n) is 14.5. The van der Waals surface area contributed by atoms with Crippen LogP contribution < -0.4 is 10.1 Å². The van der Waals surface area contributed by atoms with Crippen LogP contribution in [0.2, 0.25) is 0 Å². The third-order valence-corrected chi connectivity index (χ3v) is 3.98. The fraction of sp³-hybridized carbons (Fsp3) is 0.182. The monoisotopic (exact) mass is 346 g/mol. The molecule has 4 heteroatoms. The van der Waals surface area contributed by atoms with Crippen molar-refractivity contribution in [2.75, 3.05) is 6.61 Å². The van der Waals surface area contributed by atoms with Gasteiger partial charge in [0, 0.05) is 12.6 Å². The summed E-state index contributed by atoms with van der Waals surface area (Å²) >= 11 is 0. The molecule has 1 atom stereocenters. The van der Waals surface area contributed by atoms with E-state index >= 15 is 0 Å². The molecule has 0 saturated heterocycles. The number of hydrogen-bond donors (Lipinski definition) is 1. The second kappa shape index (κ2) is 9.37. The van der Waals surface area contributed by atoms with Crippen molar-refractivity contribution in [3.8, 4) is 5.75 Å². The fourth-order valence-electron chi connectivity index (χ4n) is 2.69. The highest BCUT2D eigenvalue weighted by atomic mass is 16.5. The van der Waals surface area contributed by atoms with E-state index in [-0.39, 0.29) is 11.9 Å². The summed E-state index contributed by atoms with van der Waals surface area (Å²) in [6, 6.07) is 25.0. The Morgan fingerprint density at radius 1 is 0.923 bits per heavy atom. The van der Waals surface area contributed by atoms with Crippen molar-refractivity contribution in [3.63, 3.8) is 0 Å². The maximum atomic E-state index is 12.4. The highest BCUT2D eigenvalue weighted by Gasteiger charge is 2.17. The van der Waals surface area contributed by atoms with Crippen molar-refractivity contribution in [1.29, 1.82) is 0 Å². The lowest BCUT2D eigenvalue weighted by atomic mass is 10.0. The van der Waals surface area contributed by atoms with Crippen molar-refractivity contribution in [3.05, 3.63) is 96.3 Å². The second-order valence-electron chi connectivity index (χ2n) is 5.93. The Morgan fingerprint density at radius 3 is 2.31 bits per heavy atom. The lowest BCUT2D eigenvalue weighted by Crippen LogP contribution is -2.30. The van der Waals surface area contributed by atoms with Gasteiger partial charge in [-0.3, -0.25) is 9.78 Å². The number of para-hydroxylation sites is 1. The maximum Gasteiger partial charge on any atom is 0.220 e. The van der Waals surface area contributed by atoms with Gasteiger partial charge in [-0.05, 0) is 36.2 Å². The molecular formula is C22H22N2O2. The average molecular weight is 346 g/mol. The molecule has 0 saturated carbocycles. The topological polar surface area (TPSA) is 51.2 Å². The number of pyridine rings is 1. The van der Waals surface area contributed by atoms with Gasteiger partial charge in [0.15, 0.2) is 0 Å². The van der Waals surface area contributed by atoms with Crippen molar-refractivity contribution in [2.24, 2.45) is 0 Å². The van der Waals surface area contributed by atoms with Crippen LogP contribution in [-0.4, -0.2) is 17.5 Å². The summed E-state index contributed by atoms with van der Waals surface area (Å²) in [5.41, 5.74) is 1.84. The Balaban J connectivity index is 1.56. The minimum absolute atomic E-state index is 0.0128. The fourth-order valence-corrected chi connectivity index (χ4v) is 2.69. The lowest BCUT2D eigenvalue weighted by molar-refractivity contribution is -0.121. The highest BCUT2D eigenvalue weighted by molar-refractivity contribution is 5.76. The Labute approximate surface area is 153 Å². The number of nitrogens with one attached hydrogen (secondary N) is 1. The zero-order chi connectivity index (χ0) is 18.0. The summed E-state index contributed by atoms with van der Waals surface area (Å²) in [5, 5.41) is 3.09. The van der Waals surface area contributed by atoms with Gasteiger partial charge < -0.3 is 10.1 Å². The molecule has 0 radical (unpaired) electrons. The van der Waals surface area contributed by atoms with Crippen LogP contribution in [-0.2, 0) is 4.79 Å². The van der Waals surface area contributed by atoms with E-state index in [0.29, 0.717) is 19.4 Å². The number of rotatable bonds is 8. The van der Waals surface area contributed by atoms with E-state index in [1.807, 2.05) is 78.9 Å². The number of carbonyl (C=O) groups excluding carboxylic acids is 1. The van der Waals surface area contributed by atoms with E-state index in [1.54, 1.807) is 6.20 Å². The molecule has 1 unspecified atom stereocenters. The third kappa shape index (κ3) is 5.18. The van der Waals surface area contributed by atoms with Crippen LogP contribution in [0.3, 0.4) is 0 Å². The Hall–Kier alpha value is -3.14. The molecular weight excluding hydrogens is 324 g/mol.